The predicted octanol–water partition coefficient (Wildman–Crippen LogP) is 7.04. The highest BCUT2D eigenvalue weighted by Gasteiger charge is 2.73. The second kappa shape index (κ2) is 9.87. The third kappa shape index (κ3) is 5.15. The smallest absolute Gasteiger partial charge is 0.334 e. The van der Waals surface area contributed by atoms with Crippen molar-refractivity contribution in [2.24, 2.45) is 0 Å². The van der Waals surface area contributed by atoms with Gasteiger partial charge in [0.1, 0.15) is 10.7 Å². The first-order valence-electron chi connectivity index (χ1n) is 10.7. The number of nitriles is 1. The van der Waals surface area contributed by atoms with Gasteiger partial charge in [0.15, 0.2) is 0 Å². The van der Waals surface area contributed by atoms with Gasteiger partial charge >= 0.3 is 18.0 Å². The Bertz CT molecular complexity index is 1480. The van der Waals surface area contributed by atoms with E-state index in [4.69, 9.17) is 23.2 Å². The third-order valence-electron chi connectivity index (χ3n) is 5.97. The highest BCUT2D eigenvalue weighted by atomic mass is 35.5. The number of nitrogens with one attached hydrogen (secondary N) is 1. The number of rotatable bonds is 6. The molecule has 39 heavy (non-hydrogen) atoms. The van der Waals surface area contributed by atoms with Crippen molar-refractivity contribution in [3.8, 4) is 22.9 Å². The van der Waals surface area contributed by atoms with Gasteiger partial charge < -0.3 is 5.32 Å². The van der Waals surface area contributed by atoms with Gasteiger partial charge in [-0.3, -0.25) is 4.79 Å². The minimum Gasteiger partial charge on any atom is -0.334 e. The first kappa shape index (κ1) is 29.0. The van der Waals surface area contributed by atoms with E-state index in [2.05, 4.69) is 15.4 Å². The van der Waals surface area contributed by atoms with Crippen molar-refractivity contribution in [1.82, 2.24) is 20.1 Å². The number of nitrogens with zero attached hydrogens (tertiary/aromatic N) is 4. The van der Waals surface area contributed by atoms with Crippen LogP contribution in [0.3, 0.4) is 0 Å². The van der Waals surface area contributed by atoms with Crippen LogP contribution >= 0.6 is 35.0 Å². The van der Waals surface area contributed by atoms with E-state index < -0.39 is 40.1 Å². The number of thioether (sulfide) groups is 1. The molecule has 16 heteroatoms. The number of alkyl halides is 7. The molecule has 6 nitrogen and oxygen atoms in total. The van der Waals surface area contributed by atoms with Crippen molar-refractivity contribution in [1.29, 1.82) is 5.26 Å². The Labute approximate surface area is 230 Å². The summed E-state index contributed by atoms with van der Waals surface area (Å²) in [6.45, 7) is 0. The molecule has 1 aromatic carbocycles. The Morgan fingerprint density at radius 3 is 2.26 bits per heavy atom. The second-order valence-corrected chi connectivity index (χ2v) is 10.2. The fourth-order valence-corrected chi connectivity index (χ4v) is 4.87. The lowest BCUT2D eigenvalue weighted by Crippen LogP contribution is -2.50. The van der Waals surface area contributed by atoms with Crippen LogP contribution in [0.1, 0.15) is 28.8 Å². The minimum atomic E-state index is -6.30. The predicted molar refractivity (Wildman–Crippen MR) is 129 cm³/mol. The lowest BCUT2D eigenvalue weighted by atomic mass is 9.94. The van der Waals surface area contributed by atoms with Gasteiger partial charge in [0.25, 0.3) is 5.91 Å². The maximum atomic E-state index is 14.7. The molecule has 1 aliphatic carbocycles. The quantitative estimate of drug-likeness (QED) is 0.184. The first-order valence-corrected chi connectivity index (χ1v) is 12.7. The number of carbonyl (C=O) groups excluding carboxylic acids is 1. The van der Waals surface area contributed by atoms with Crippen molar-refractivity contribution in [3.63, 3.8) is 0 Å². The van der Waals surface area contributed by atoms with Crippen LogP contribution in [0.15, 0.2) is 41.7 Å². The molecule has 0 atom stereocenters. The molecule has 1 N–H and O–H groups in total. The van der Waals surface area contributed by atoms with Crippen LogP contribution in [0.25, 0.3) is 16.8 Å². The summed E-state index contributed by atoms with van der Waals surface area (Å²) in [6, 6.07) is 4.07. The Kier molecular flexibility index (Phi) is 7.33. The fourth-order valence-electron chi connectivity index (χ4n) is 3.67. The van der Waals surface area contributed by atoms with E-state index >= 15 is 0 Å². The summed E-state index contributed by atoms with van der Waals surface area (Å²) < 4.78 is 95.4. The van der Waals surface area contributed by atoms with Gasteiger partial charge in [-0.15, -0.1) is 11.8 Å². The molecule has 0 unspecified atom stereocenters. The zero-order valence-corrected chi connectivity index (χ0v) is 21.7. The van der Waals surface area contributed by atoms with Gasteiger partial charge in [0.2, 0.25) is 0 Å². The molecular formula is C23H14Cl2F7N5OS. The van der Waals surface area contributed by atoms with E-state index in [-0.39, 0.29) is 27.4 Å². The molecule has 0 aliphatic heterocycles. The Balaban J connectivity index is 1.73. The first-order chi connectivity index (χ1) is 18.1. The van der Waals surface area contributed by atoms with Crippen LogP contribution in [-0.2, 0) is 5.67 Å². The van der Waals surface area contributed by atoms with E-state index in [0.29, 0.717) is 30.0 Å². The lowest BCUT2D eigenvalue weighted by molar-refractivity contribution is -0.348. The van der Waals surface area contributed by atoms with Gasteiger partial charge in [-0.05, 0) is 37.3 Å². The molecule has 1 saturated carbocycles. The number of benzene rings is 1. The summed E-state index contributed by atoms with van der Waals surface area (Å²) in [5.74, 6) is -0.631. The van der Waals surface area contributed by atoms with Crippen LogP contribution in [0.5, 0.6) is 0 Å². The largest absolute Gasteiger partial charge is 0.435 e. The molecule has 2 heterocycles. The summed E-state index contributed by atoms with van der Waals surface area (Å²) in [4.78, 5) is 16.4. The summed E-state index contributed by atoms with van der Waals surface area (Å²) in [7, 11) is 0. The number of carbonyl (C=O) groups is 1. The second-order valence-electron chi connectivity index (χ2n) is 8.55. The normalized spacial score (nSPS) is 15.1. The topological polar surface area (TPSA) is 83.6 Å². The SMILES string of the molecule is CSc1cc(C(F)(C(F)(F)F)C(F)(F)F)cc(Cl)c1-n1cc(-c2cnc(Cl)c(C(=O)NC3(C#N)CC3)c2)cn1. The molecule has 4 rings (SSSR count). The Morgan fingerprint density at radius 1 is 1.08 bits per heavy atom. The van der Waals surface area contributed by atoms with Crippen molar-refractivity contribution in [2.45, 2.75) is 41.3 Å². The van der Waals surface area contributed by atoms with Gasteiger partial charge in [0.05, 0.1) is 28.5 Å². The minimum absolute atomic E-state index is 0.0331. The zero-order valence-electron chi connectivity index (χ0n) is 19.4. The summed E-state index contributed by atoms with van der Waals surface area (Å²) in [5.41, 5.74) is -7.83. The third-order valence-corrected chi connectivity index (χ3v) is 7.31. The van der Waals surface area contributed by atoms with E-state index in [1.165, 1.54) is 30.9 Å². The van der Waals surface area contributed by atoms with Crippen LogP contribution < -0.4 is 5.32 Å². The molecule has 0 bridgehead atoms. The number of hydrogen-bond acceptors (Lipinski definition) is 5. The van der Waals surface area contributed by atoms with Crippen molar-refractivity contribution >= 4 is 40.9 Å². The average Bonchev–Trinajstić information content (AvgIpc) is 3.46. The van der Waals surface area contributed by atoms with Crippen LogP contribution in [0.2, 0.25) is 10.2 Å². The standard InChI is InChI=1S/C23H14Cl2F7N5OS/c1-39-16-6-13(21(26,22(27,28)29)23(30,31)32)5-15(24)17(16)37-9-12(8-35-37)11-4-14(18(25)34-7-11)19(38)36-20(10-33)2-3-20/h4-9H,2-3H2,1H3,(H,36,38). The van der Waals surface area contributed by atoms with E-state index in [1.807, 2.05) is 6.07 Å². The molecule has 1 aliphatic rings. The van der Waals surface area contributed by atoms with Gasteiger partial charge in [0, 0.05) is 34.0 Å². The van der Waals surface area contributed by atoms with Crippen LogP contribution in [0.4, 0.5) is 30.7 Å². The summed E-state index contributed by atoms with van der Waals surface area (Å²) in [6.07, 6.45) is -6.36. The number of amides is 1. The molecule has 3 aromatic rings. The highest BCUT2D eigenvalue weighted by molar-refractivity contribution is 7.98. The number of pyridine rings is 1. The zero-order chi connectivity index (χ0) is 29.0. The van der Waals surface area contributed by atoms with E-state index in [0.717, 1.165) is 16.4 Å². The number of aromatic nitrogens is 3. The molecule has 2 aromatic heterocycles. The molecule has 0 radical (unpaired) electrons. The molecular weight excluding hydrogens is 598 g/mol. The van der Waals surface area contributed by atoms with Gasteiger partial charge in [-0.1, -0.05) is 23.2 Å². The highest BCUT2D eigenvalue weighted by Crippen LogP contribution is 2.54. The fraction of sp³-hybridized carbons (Fsp3) is 0.304. The molecule has 1 amide bonds. The molecule has 0 saturated heterocycles. The Hall–Kier alpha value is -3.02. The number of halogens is 9. The summed E-state index contributed by atoms with van der Waals surface area (Å²) >= 11 is 12.9. The van der Waals surface area contributed by atoms with E-state index in [1.54, 1.807) is 0 Å². The monoisotopic (exact) mass is 611 g/mol. The van der Waals surface area contributed by atoms with Crippen LogP contribution in [0, 0.1) is 11.3 Å². The maximum Gasteiger partial charge on any atom is 0.435 e. The van der Waals surface area contributed by atoms with Crippen molar-refractivity contribution in [3.05, 3.63) is 58.1 Å². The van der Waals surface area contributed by atoms with Crippen molar-refractivity contribution in [2.75, 3.05) is 6.26 Å². The number of hydrogen-bond donors (Lipinski definition) is 1. The van der Waals surface area contributed by atoms with Crippen LogP contribution in [-0.4, -0.2) is 44.8 Å². The maximum absolute atomic E-state index is 14.7. The average molecular weight is 612 g/mol. The van der Waals surface area contributed by atoms with Gasteiger partial charge in [-0.2, -0.15) is 36.7 Å². The van der Waals surface area contributed by atoms with Crippen molar-refractivity contribution < 1.29 is 35.5 Å². The Morgan fingerprint density at radius 2 is 1.72 bits per heavy atom. The molecule has 0 spiro atoms. The lowest BCUT2D eigenvalue weighted by Gasteiger charge is -2.31. The molecule has 1 fully saturated rings. The molecule has 206 valence electrons. The van der Waals surface area contributed by atoms with E-state index in [9.17, 15) is 40.8 Å². The van der Waals surface area contributed by atoms with Gasteiger partial charge in [-0.25, -0.2) is 14.1 Å². The summed E-state index contributed by atoms with van der Waals surface area (Å²) in [5, 5.41) is 15.1.